The van der Waals surface area contributed by atoms with E-state index in [9.17, 15) is 60.7 Å². The van der Waals surface area contributed by atoms with Gasteiger partial charge in [-0.2, -0.15) is 0 Å². The molecule has 5 aliphatic carbocycles. The number of hydrogen-bond donors (Lipinski definition) is 11. The van der Waals surface area contributed by atoms with Crippen molar-refractivity contribution in [1.82, 2.24) is 0 Å². The third-order valence-corrected chi connectivity index (χ3v) is 22.0. The van der Waals surface area contributed by atoms with E-state index in [4.69, 9.17) is 37.9 Å². The molecule has 0 aromatic heterocycles. The average molecular weight is 1080 g/mol. The van der Waals surface area contributed by atoms with Crippen molar-refractivity contribution in [2.24, 2.45) is 44.3 Å². The van der Waals surface area contributed by atoms with E-state index in [1.807, 2.05) is 0 Å². The van der Waals surface area contributed by atoms with E-state index in [2.05, 4.69) is 46.9 Å². The minimum Gasteiger partial charge on any atom is -0.458 e. The van der Waals surface area contributed by atoms with Crippen molar-refractivity contribution >= 4 is 17.9 Å². The number of aldehydes is 1. The van der Waals surface area contributed by atoms with Crippen molar-refractivity contribution in [1.29, 1.82) is 0 Å². The second kappa shape index (κ2) is 19.6. The standard InChI is InChI=1S/C55H83NO20/c1-48(2)31-13-16-52(6)32(19-34-55(76-34)53(52,7)18-17-50(4)20-35(49(3,25-59)24-54(50,55)68)73-44(67)26-9-11-27(56-8)12-10-26)51(31,5)15-14-33(48)74-47-43(75-46-42(66)40(64)37(61)29(22-58)71-46)38(62)30(23-69-47)72-45-41(65)39(63)36(60)28(21-57)70-45/h9-12,25,28-43,45-47,56-58,60-66,68H,13-24H2,1-8H3. The number of aliphatic hydroxyl groups excluding tert-OH is 9. The minimum atomic E-state index is -1.85. The van der Waals surface area contributed by atoms with E-state index in [0.29, 0.717) is 31.2 Å². The minimum absolute atomic E-state index is 0.0784. The van der Waals surface area contributed by atoms with Crippen molar-refractivity contribution in [2.75, 3.05) is 32.2 Å². The van der Waals surface area contributed by atoms with Gasteiger partial charge >= 0.3 is 5.97 Å². The Kier molecular flexibility index (Phi) is 14.6. The van der Waals surface area contributed by atoms with Gasteiger partial charge in [-0.05, 0) is 117 Å². The molecule has 5 saturated carbocycles. The van der Waals surface area contributed by atoms with E-state index < -0.39 is 150 Å². The van der Waals surface area contributed by atoms with Crippen LogP contribution in [0, 0.1) is 44.3 Å². The Balaban J connectivity index is 0.883. The number of epoxide rings is 1. The second-order valence-electron chi connectivity index (χ2n) is 26.0. The molecule has 10 rings (SSSR count). The fourth-order valence-electron chi connectivity index (χ4n) is 17.1. The Bertz CT molecular complexity index is 2310. The van der Waals surface area contributed by atoms with Gasteiger partial charge in [0.1, 0.15) is 90.7 Å². The quantitative estimate of drug-likeness (QED) is 0.0593. The van der Waals surface area contributed by atoms with E-state index in [0.717, 1.165) is 37.7 Å². The highest BCUT2D eigenvalue weighted by Crippen LogP contribution is 2.84. The molecule has 9 aliphatic rings. The van der Waals surface area contributed by atoms with E-state index in [-0.39, 0.29) is 41.8 Å². The summed E-state index contributed by atoms with van der Waals surface area (Å²) >= 11 is 0. The zero-order valence-corrected chi connectivity index (χ0v) is 44.9. The van der Waals surface area contributed by atoms with Gasteiger partial charge in [0.2, 0.25) is 0 Å². The number of hydrogen-bond acceptors (Lipinski definition) is 21. The number of anilines is 1. The van der Waals surface area contributed by atoms with Crippen molar-refractivity contribution in [3.8, 4) is 0 Å². The molecule has 26 atom stereocenters. The summed E-state index contributed by atoms with van der Waals surface area (Å²) in [5, 5.41) is 113. The number of nitrogens with one attached hydrogen (secondary N) is 1. The highest BCUT2D eigenvalue weighted by Gasteiger charge is 2.89. The van der Waals surface area contributed by atoms with E-state index in [1.165, 1.54) is 0 Å². The average Bonchev–Trinajstić information content (AvgIpc) is 4.25. The maximum Gasteiger partial charge on any atom is 0.338 e. The van der Waals surface area contributed by atoms with Gasteiger partial charge in [0.15, 0.2) is 18.9 Å². The molecule has 4 heterocycles. The number of carbonyl (C=O) groups is 2. The lowest BCUT2D eigenvalue weighted by atomic mass is 9.30. The largest absolute Gasteiger partial charge is 0.458 e. The smallest absolute Gasteiger partial charge is 0.338 e. The predicted octanol–water partition coefficient (Wildman–Crippen LogP) is 0.663. The van der Waals surface area contributed by atoms with Crippen LogP contribution in [0.15, 0.2) is 24.3 Å². The van der Waals surface area contributed by atoms with Crippen molar-refractivity contribution in [3.05, 3.63) is 29.8 Å². The van der Waals surface area contributed by atoms with Crippen LogP contribution >= 0.6 is 0 Å². The second-order valence-corrected chi connectivity index (χ2v) is 26.0. The Hall–Kier alpha value is -2.52. The van der Waals surface area contributed by atoms with Crippen molar-refractivity contribution in [2.45, 2.75) is 222 Å². The molecular weight excluding hydrogens is 995 g/mol. The van der Waals surface area contributed by atoms with Crippen LogP contribution in [0.4, 0.5) is 5.69 Å². The number of esters is 1. The maximum absolute atomic E-state index is 13.6. The summed E-state index contributed by atoms with van der Waals surface area (Å²) in [6.07, 6.45) is -17.9. The van der Waals surface area contributed by atoms with Gasteiger partial charge in [-0.1, -0.05) is 41.5 Å². The molecule has 21 nitrogen and oxygen atoms in total. The van der Waals surface area contributed by atoms with E-state index in [1.54, 1.807) is 38.2 Å². The van der Waals surface area contributed by atoms with Gasteiger partial charge in [-0.15, -0.1) is 0 Å². The molecule has 1 aromatic rings. The first-order chi connectivity index (χ1) is 35.7. The molecule has 0 amide bonds. The summed E-state index contributed by atoms with van der Waals surface area (Å²) < 4.78 is 50.0. The van der Waals surface area contributed by atoms with Gasteiger partial charge < -0.3 is 99.1 Å². The molecule has 76 heavy (non-hydrogen) atoms. The number of benzene rings is 1. The van der Waals surface area contributed by atoms with Crippen LogP contribution < -0.4 is 5.32 Å². The lowest BCUT2D eigenvalue weighted by Gasteiger charge is -2.74. The monoisotopic (exact) mass is 1080 g/mol. The Morgan fingerprint density at radius 1 is 0.724 bits per heavy atom. The molecule has 21 heteroatoms. The van der Waals surface area contributed by atoms with Gasteiger partial charge in [0.05, 0.1) is 43.0 Å². The molecule has 4 aliphatic heterocycles. The first-order valence-electron chi connectivity index (χ1n) is 27.4. The van der Waals surface area contributed by atoms with Crippen LogP contribution in [0.3, 0.4) is 0 Å². The molecule has 428 valence electrons. The number of fused-ring (bicyclic) bond motifs is 5. The lowest BCUT2D eigenvalue weighted by Crippen LogP contribution is -2.78. The Labute approximate surface area is 443 Å². The summed E-state index contributed by atoms with van der Waals surface area (Å²) in [5.41, 5.74) is -4.70. The summed E-state index contributed by atoms with van der Waals surface area (Å²) in [6.45, 7) is 13.4. The van der Waals surface area contributed by atoms with Crippen LogP contribution in [0.5, 0.6) is 0 Å². The summed E-state index contributed by atoms with van der Waals surface area (Å²) in [5.74, 6) is -0.285. The summed E-state index contributed by atoms with van der Waals surface area (Å²) in [4.78, 5) is 27.0. The van der Waals surface area contributed by atoms with Crippen LogP contribution in [0.2, 0.25) is 0 Å². The topological polar surface area (TPSA) is 326 Å². The molecule has 9 fully saturated rings. The van der Waals surface area contributed by atoms with Gasteiger partial charge in [0.25, 0.3) is 0 Å². The molecule has 0 bridgehead atoms. The van der Waals surface area contributed by atoms with Crippen LogP contribution in [-0.4, -0.2) is 206 Å². The fraction of sp³-hybridized carbons (Fsp3) is 0.855. The zero-order valence-electron chi connectivity index (χ0n) is 44.9. The Morgan fingerprint density at radius 2 is 1.34 bits per heavy atom. The lowest BCUT2D eigenvalue weighted by molar-refractivity contribution is -0.382. The summed E-state index contributed by atoms with van der Waals surface area (Å²) in [7, 11) is 1.79. The number of rotatable bonds is 12. The van der Waals surface area contributed by atoms with Gasteiger partial charge in [-0.25, -0.2) is 4.79 Å². The zero-order chi connectivity index (χ0) is 55.1. The highest BCUT2D eigenvalue weighted by atomic mass is 16.8. The third kappa shape index (κ3) is 8.17. The SMILES string of the molecule is CNc1ccc(C(=O)OC2CC3(C)CCC4(C)C5(C)CCC6C(C)(C)C(OC7OCC(OC8OC(CO)C(O)C(O)C8O)C(O)C7OC7OC(CO)C(O)C(O)C7O)CCC6(C)C5CC5OC54C3(O)CC2(C)C=O)cc1. The van der Waals surface area contributed by atoms with E-state index >= 15 is 0 Å². The molecular formula is C55H83NO20. The molecule has 1 spiro atoms. The van der Waals surface area contributed by atoms with Crippen LogP contribution in [0.1, 0.15) is 117 Å². The first-order valence-corrected chi connectivity index (χ1v) is 27.4. The summed E-state index contributed by atoms with van der Waals surface area (Å²) in [6, 6.07) is 6.98. The normalized spacial score (nSPS) is 53.4. The third-order valence-electron chi connectivity index (χ3n) is 22.0. The highest BCUT2D eigenvalue weighted by molar-refractivity contribution is 5.90. The molecule has 0 radical (unpaired) electrons. The van der Waals surface area contributed by atoms with Crippen LogP contribution in [0.25, 0.3) is 0 Å². The fourth-order valence-corrected chi connectivity index (χ4v) is 17.1. The molecule has 4 saturated heterocycles. The van der Waals surface area contributed by atoms with Gasteiger partial charge in [0, 0.05) is 23.6 Å². The van der Waals surface area contributed by atoms with Gasteiger partial charge in [-0.3, -0.25) is 0 Å². The Morgan fingerprint density at radius 3 is 1.93 bits per heavy atom. The first kappa shape index (κ1) is 56.7. The van der Waals surface area contributed by atoms with Crippen LogP contribution in [-0.2, 0) is 42.7 Å². The molecule has 11 N–H and O–H groups in total. The maximum atomic E-state index is 13.6. The number of aliphatic hydroxyl groups is 10. The van der Waals surface area contributed by atoms with Crippen molar-refractivity contribution in [3.63, 3.8) is 0 Å². The number of ether oxygens (including phenoxy) is 8. The van der Waals surface area contributed by atoms with Crippen molar-refractivity contribution < 1.29 is 98.5 Å². The number of carbonyl (C=O) groups excluding carboxylic acids is 2. The molecule has 26 unspecified atom stereocenters. The molecule has 1 aromatic carbocycles. The predicted molar refractivity (Wildman–Crippen MR) is 265 cm³/mol.